The number of piperidine rings is 1. The molecule has 0 aromatic carbocycles. The number of nitrogens with one attached hydrogen (secondary N) is 2. The van der Waals surface area contributed by atoms with E-state index in [-0.39, 0.29) is 18.3 Å². The van der Waals surface area contributed by atoms with Gasteiger partial charge in [-0.3, -0.25) is 9.59 Å². The average Bonchev–Trinajstić information content (AvgIpc) is 2.82. The van der Waals surface area contributed by atoms with E-state index in [1.165, 1.54) is 18.2 Å². The van der Waals surface area contributed by atoms with Crippen LogP contribution in [0.4, 0.5) is 5.00 Å². The molecule has 0 bridgehead atoms. The van der Waals surface area contributed by atoms with Crippen molar-refractivity contribution in [1.82, 2.24) is 0 Å². The summed E-state index contributed by atoms with van der Waals surface area (Å²) in [6, 6.07) is 0. The Morgan fingerprint density at radius 2 is 1.85 bits per heavy atom. The van der Waals surface area contributed by atoms with Crippen molar-refractivity contribution in [3.63, 3.8) is 0 Å². The predicted molar refractivity (Wildman–Crippen MR) is 102 cm³/mol. The Labute approximate surface area is 158 Å². The lowest BCUT2D eigenvalue weighted by Gasteiger charge is -2.31. The zero-order valence-electron chi connectivity index (χ0n) is 16.2. The van der Waals surface area contributed by atoms with Crippen LogP contribution in [-0.4, -0.2) is 43.9 Å². The number of likely N-dealkylation sites (tertiary alicyclic amines) is 1. The van der Waals surface area contributed by atoms with Gasteiger partial charge in [0.25, 0.3) is 5.91 Å². The number of ether oxygens (including phenoxy) is 1. The SMILES string of the molecule is CCOC(=O)c1c(NC(=O)C[NH+]2C[C@H](C)C[C@@H](C)C2)sc(C(C)=O)c1C. The highest BCUT2D eigenvalue weighted by molar-refractivity contribution is 7.18. The predicted octanol–water partition coefficient (Wildman–Crippen LogP) is 1.94. The maximum atomic E-state index is 12.6. The van der Waals surface area contributed by atoms with Gasteiger partial charge in [-0.15, -0.1) is 11.3 Å². The van der Waals surface area contributed by atoms with Crippen molar-refractivity contribution in [2.45, 2.75) is 41.0 Å². The summed E-state index contributed by atoms with van der Waals surface area (Å²) in [7, 11) is 0. The summed E-state index contributed by atoms with van der Waals surface area (Å²) >= 11 is 1.15. The van der Waals surface area contributed by atoms with E-state index in [0.717, 1.165) is 24.4 Å². The van der Waals surface area contributed by atoms with E-state index in [0.29, 0.717) is 39.4 Å². The molecule has 2 rings (SSSR count). The molecule has 0 unspecified atom stereocenters. The van der Waals surface area contributed by atoms with Gasteiger partial charge in [-0.25, -0.2) is 4.79 Å². The molecule has 1 amide bonds. The van der Waals surface area contributed by atoms with Crippen LogP contribution in [0.1, 0.15) is 59.7 Å². The molecule has 1 aromatic heterocycles. The summed E-state index contributed by atoms with van der Waals surface area (Å²) in [6.07, 6.45) is 1.20. The molecule has 2 heterocycles. The second-order valence-corrected chi connectivity index (χ2v) is 8.39. The summed E-state index contributed by atoms with van der Waals surface area (Å²) in [5.74, 6) is 0.442. The van der Waals surface area contributed by atoms with E-state index < -0.39 is 5.97 Å². The highest BCUT2D eigenvalue weighted by Crippen LogP contribution is 2.34. The average molecular weight is 382 g/mol. The molecule has 1 fully saturated rings. The van der Waals surface area contributed by atoms with E-state index in [1.807, 2.05) is 0 Å². The summed E-state index contributed by atoms with van der Waals surface area (Å²) in [6.45, 7) is 11.9. The fourth-order valence-corrected chi connectivity index (χ4v) is 4.96. The van der Waals surface area contributed by atoms with Gasteiger partial charge in [-0.2, -0.15) is 0 Å². The molecule has 1 saturated heterocycles. The molecule has 144 valence electrons. The van der Waals surface area contributed by atoms with E-state index in [4.69, 9.17) is 4.74 Å². The molecule has 1 aromatic rings. The number of ketones is 1. The molecule has 26 heavy (non-hydrogen) atoms. The minimum Gasteiger partial charge on any atom is -0.462 e. The summed E-state index contributed by atoms with van der Waals surface area (Å²) < 4.78 is 5.10. The number of rotatable bonds is 6. The highest BCUT2D eigenvalue weighted by Gasteiger charge is 2.29. The zero-order valence-corrected chi connectivity index (χ0v) is 17.0. The van der Waals surface area contributed by atoms with E-state index in [2.05, 4.69) is 19.2 Å². The fraction of sp³-hybridized carbons (Fsp3) is 0.632. The zero-order chi connectivity index (χ0) is 19.4. The molecule has 2 N–H and O–H groups in total. The van der Waals surface area contributed by atoms with E-state index in [9.17, 15) is 14.4 Å². The van der Waals surface area contributed by atoms with Crippen molar-refractivity contribution in [1.29, 1.82) is 0 Å². The Morgan fingerprint density at radius 1 is 1.23 bits per heavy atom. The maximum absolute atomic E-state index is 12.6. The molecule has 0 radical (unpaired) electrons. The van der Waals surface area contributed by atoms with Gasteiger partial charge in [-0.1, -0.05) is 13.8 Å². The lowest BCUT2D eigenvalue weighted by atomic mass is 9.92. The quantitative estimate of drug-likeness (QED) is 0.583. The molecular weight excluding hydrogens is 352 g/mol. The molecular formula is C19H29N2O4S+. The lowest BCUT2D eigenvalue weighted by Crippen LogP contribution is -3.15. The Bertz CT molecular complexity index is 688. The summed E-state index contributed by atoms with van der Waals surface area (Å²) in [5, 5.41) is 3.26. The van der Waals surface area contributed by atoms with Gasteiger partial charge < -0.3 is 15.0 Å². The monoisotopic (exact) mass is 381 g/mol. The number of thiophene rings is 1. The molecule has 0 spiro atoms. The first kappa shape index (κ1) is 20.6. The van der Waals surface area contributed by atoms with Gasteiger partial charge in [0.1, 0.15) is 5.00 Å². The number of esters is 1. The molecule has 0 aliphatic carbocycles. The van der Waals surface area contributed by atoms with Crippen LogP contribution in [0.15, 0.2) is 0 Å². The molecule has 2 atom stereocenters. The number of carbonyl (C=O) groups excluding carboxylic acids is 3. The minimum absolute atomic E-state index is 0.122. The Kier molecular flexibility index (Phi) is 6.94. The van der Waals surface area contributed by atoms with Crippen molar-refractivity contribution >= 4 is 34.0 Å². The van der Waals surface area contributed by atoms with Gasteiger partial charge in [-0.05, 0) is 32.8 Å². The van der Waals surface area contributed by atoms with Gasteiger partial charge in [0.15, 0.2) is 12.3 Å². The molecule has 0 saturated carbocycles. The van der Waals surface area contributed by atoms with Crippen LogP contribution >= 0.6 is 11.3 Å². The first-order valence-electron chi connectivity index (χ1n) is 9.17. The third-order valence-corrected chi connectivity index (χ3v) is 6.00. The van der Waals surface area contributed by atoms with Crippen LogP contribution in [0.2, 0.25) is 0 Å². The minimum atomic E-state index is -0.503. The fourth-order valence-electron chi connectivity index (χ4n) is 3.85. The van der Waals surface area contributed by atoms with Crippen LogP contribution in [0.5, 0.6) is 0 Å². The number of hydrogen-bond donors (Lipinski definition) is 2. The van der Waals surface area contributed by atoms with Crippen molar-refractivity contribution in [2.75, 3.05) is 31.6 Å². The normalized spacial score (nSPS) is 22.7. The Balaban J connectivity index is 2.16. The van der Waals surface area contributed by atoms with E-state index in [1.54, 1.807) is 13.8 Å². The van der Waals surface area contributed by atoms with Gasteiger partial charge in [0.05, 0.1) is 30.1 Å². The molecule has 1 aliphatic heterocycles. The number of hydrogen-bond acceptors (Lipinski definition) is 5. The number of Topliss-reactive ketones (excluding diaryl/α,β-unsaturated/α-hetero) is 1. The maximum Gasteiger partial charge on any atom is 0.341 e. The third-order valence-electron chi connectivity index (χ3n) is 4.69. The standard InChI is InChI=1S/C19H28N2O4S/c1-6-25-19(24)16-13(4)17(14(5)22)26-18(16)20-15(23)10-21-8-11(2)7-12(3)9-21/h11-12H,6-10H2,1-5H3,(H,20,23)/p+1/t11-,12-/m1/s1. The van der Waals surface area contributed by atoms with Crippen LogP contribution in [0.25, 0.3) is 0 Å². The number of quaternary nitrogens is 1. The topological polar surface area (TPSA) is 76.9 Å². The van der Waals surface area contributed by atoms with Crippen LogP contribution in [0.3, 0.4) is 0 Å². The first-order valence-corrected chi connectivity index (χ1v) is 9.99. The van der Waals surface area contributed by atoms with Crippen LogP contribution < -0.4 is 10.2 Å². The van der Waals surface area contributed by atoms with Crippen molar-refractivity contribution < 1.29 is 24.0 Å². The smallest absolute Gasteiger partial charge is 0.341 e. The lowest BCUT2D eigenvalue weighted by molar-refractivity contribution is -0.904. The summed E-state index contributed by atoms with van der Waals surface area (Å²) in [4.78, 5) is 38.4. The van der Waals surface area contributed by atoms with Crippen molar-refractivity contribution in [2.24, 2.45) is 11.8 Å². The second-order valence-electron chi connectivity index (χ2n) is 7.37. The van der Waals surface area contributed by atoms with Gasteiger partial charge in [0, 0.05) is 11.8 Å². The number of amides is 1. The van der Waals surface area contributed by atoms with Crippen molar-refractivity contribution in [3.05, 3.63) is 16.0 Å². The largest absolute Gasteiger partial charge is 0.462 e. The highest BCUT2D eigenvalue weighted by atomic mass is 32.1. The Hall–Kier alpha value is -1.73. The molecule has 7 heteroatoms. The first-order chi connectivity index (χ1) is 12.2. The van der Waals surface area contributed by atoms with Crippen molar-refractivity contribution in [3.8, 4) is 0 Å². The van der Waals surface area contributed by atoms with Crippen LogP contribution in [-0.2, 0) is 9.53 Å². The third kappa shape index (κ3) is 4.92. The van der Waals surface area contributed by atoms with Crippen LogP contribution in [0, 0.1) is 18.8 Å². The van der Waals surface area contributed by atoms with Gasteiger partial charge in [0.2, 0.25) is 0 Å². The molecule has 1 aliphatic rings. The van der Waals surface area contributed by atoms with E-state index >= 15 is 0 Å². The number of carbonyl (C=O) groups is 3. The molecule has 6 nitrogen and oxygen atoms in total. The summed E-state index contributed by atoms with van der Waals surface area (Å²) in [5.41, 5.74) is 0.870. The van der Waals surface area contributed by atoms with Gasteiger partial charge >= 0.3 is 5.97 Å². The Morgan fingerprint density at radius 3 is 2.38 bits per heavy atom. The number of anilines is 1. The second kappa shape index (κ2) is 8.77.